The Hall–Kier alpha value is -1.06. The Balaban J connectivity index is 2.14. The highest BCUT2D eigenvalue weighted by Gasteiger charge is 2.44. The minimum absolute atomic E-state index is 0.0680. The molecule has 2 rings (SSSR count). The smallest absolute Gasteiger partial charge is 0.325 e. The van der Waals surface area contributed by atoms with Gasteiger partial charge in [0.05, 0.1) is 0 Å². The van der Waals surface area contributed by atoms with Gasteiger partial charge in [0.2, 0.25) is 0 Å². The molecule has 3 amide bonds. The van der Waals surface area contributed by atoms with Crippen LogP contribution >= 0.6 is 0 Å². The van der Waals surface area contributed by atoms with Crippen LogP contribution in [0.5, 0.6) is 0 Å². The Morgan fingerprint density at radius 2 is 2.00 bits per heavy atom. The SMILES string of the molecule is CC1NC(=O)N(C2CCC2C)C1=O. The van der Waals surface area contributed by atoms with E-state index in [1.165, 1.54) is 4.90 Å². The Kier molecular flexibility index (Phi) is 1.78. The van der Waals surface area contributed by atoms with E-state index >= 15 is 0 Å². The molecule has 0 spiro atoms. The molecule has 72 valence electrons. The Morgan fingerprint density at radius 3 is 2.31 bits per heavy atom. The molecule has 0 aromatic rings. The minimum atomic E-state index is -0.333. The lowest BCUT2D eigenvalue weighted by molar-refractivity contribution is -0.131. The number of carbonyl (C=O) groups is 2. The number of nitrogens with one attached hydrogen (secondary N) is 1. The van der Waals surface area contributed by atoms with Gasteiger partial charge in [-0.05, 0) is 25.7 Å². The molecular weight excluding hydrogens is 168 g/mol. The zero-order chi connectivity index (χ0) is 9.59. The van der Waals surface area contributed by atoms with Crippen molar-refractivity contribution in [1.29, 1.82) is 0 Å². The zero-order valence-electron chi connectivity index (χ0n) is 7.91. The van der Waals surface area contributed by atoms with Crippen LogP contribution in [0.15, 0.2) is 0 Å². The zero-order valence-corrected chi connectivity index (χ0v) is 7.91. The van der Waals surface area contributed by atoms with Gasteiger partial charge in [-0.15, -0.1) is 0 Å². The van der Waals surface area contributed by atoms with Crippen molar-refractivity contribution < 1.29 is 9.59 Å². The van der Waals surface area contributed by atoms with Crippen LogP contribution < -0.4 is 5.32 Å². The maximum Gasteiger partial charge on any atom is 0.325 e. The molecule has 1 N–H and O–H groups in total. The number of hydrogen-bond donors (Lipinski definition) is 1. The van der Waals surface area contributed by atoms with E-state index in [0.717, 1.165) is 12.8 Å². The first-order valence-electron chi connectivity index (χ1n) is 4.75. The summed E-state index contributed by atoms with van der Waals surface area (Å²) in [4.78, 5) is 24.3. The fraction of sp³-hybridized carbons (Fsp3) is 0.778. The number of amides is 3. The molecular formula is C9H14N2O2. The van der Waals surface area contributed by atoms with Gasteiger partial charge < -0.3 is 5.32 Å². The van der Waals surface area contributed by atoms with Crippen molar-refractivity contribution >= 4 is 11.9 Å². The Bertz CT molecular complexity index is 264. The molecule has 3 atom stereocenters. The third-order valence-corrected chi connectivity index (χ3v) is 3.07. The molecule has 3 unspecified atom stereocenters. The van der Waals surface area contributed by atoms with Gasteiger partial charge in [0.15, 0.2) is 0 Å². The summed E-state index contributed by atoms with van der Waals surface area (Å²) in [5.41, 5.74) is 0. The van der Waals surface area contributed by atoms with E-state index in [-0.39, 0.29) is 24.0 Å². The minimum Gasteiger partial charge on any atom is -0.326 e. The molecule has 0 aromatic carbocycles. The van der Waals surface area contributed by atoms with Gasteiger partial charge in [0.1, 0.15) is 6.04 Å². The van der Waals surface area contributed by atoms with Crippen LogP contribution in [0.4, 0.5) is 4.79 Å². The van der Waals surface area contributed by atoms with E-state index in [9.17, 15) is 9.59 Å². The van der Waals surface area contributed by atoms with E-state index < -0.39 is 0 Å². The van der Waals surface area contributed by atoms with Crippen molar-refractivity contribution in [3.05, 3.63) is 0 Å². The number of nitrogens with zero attached hydrogens (tertiary/aromatic N) is 1. The van der Waals surface area contributed by atoms with Crippen LogP contribution in [-0.2, 0) is 4.79 Å². The van der Waals surface area contributed by atoms with E-state index in [1.807, 2.05) is 0 Å². The van der Waals surface area contributed by atoms with Crippen LogP contribution in [0.3, 0.4) is 0 Å². The van der Waals surface area contributed by atoms with Gasteiger partial charge >= 0.3 is 6.03 Å². The predicted molar refractivity (Wildman–Crippen MR) is 47.0 cm³/mol. The molecule has 4 nitrogen and oxygen atoms in total. The molecule has 0 bridgehead atoms. The second kappa shape index (κ2) is 2.72. The van der Waals surface area contributed by atoms with E-state index in [0.29, 0.717) is 5.92 Å². The maximum absolute atomic E-state index is 11.5. The quantitative estimate of drug-likeness (QED) is 0.607. The van der Waals surface area contributed by atoms with Gasteiger partial charge in [0, 0.05) is 6.04 Å². The second-order valence-corrected chi connectivity index (χ2v) is 4.00. The lowest BCUT2D eigenvalue weighted by atomic mass is 9.80. The van der Waals surface area contributed by atoms with Gasteiger partial charge in [-0.25, -0.2) is 4.79 Å². The summed E-state index contributed by atoms with van der Waals surface area (Å²) in [6, 6.07) is -0.396. The molecule has 0 aromatic heterocycles. The van der Waals surface area contributed by atoms with Crippen LogP contribution in [0.2, 0.25) is 0 Å². The first-order chi connectivity index (χ1) is 6.11. The monoisotopic (exact) mass is 182 g/mol. The average molecular weight is 182 g/mol. The van der Waals surface area contributed by atoms with Gasteiger partial charge in [-0.3, -0.25) is 9.69 Å². The van der Waals surface area contributed by atoms with Crippen molar-refractivity contribution in [2.75, 3.05) is 0 Å². The number of carbonyl (C=O) groups excluding carboxylic acids is 2. The van der Waals surface area contributed by atoms with Crippen molar-refractivity contribution in [2.45, 2.75) is 38.8 Å². The number of urea groups is 1. The first-order valence-corrected chi connectivity index (χ1v) is 4.75. The first kappa shape index (κ1) is 8.53. The lowest BCUT2D eigenvalue weighted by Crippen LogP contribution is -2.49. The van der Waals surface area contributed by atoms with Crippen molar-refractivity contribution in [1.82, 2.24) is 10.2 Å². The fourth-order valence-corrected chi connectivity index (χ4v) is 1.97. The van der Waals surface area contributed by atoms with Crippen molar-refractivity contribution in [3.63, 3.8) is 0 Å². The molecule has 1 aliphatic carbocycles. The maximum atomic E-state index is 11.5. The normalized spacial score (nSPS) is 38.9. The second-order valence-electron chi connectivity index (χ2n) is 4.00. The van der Waals surface area contributed by atoms with Crippen molar-refractivity contribution in [3.8, 4) is 0 Å². The van der Waals surface area contributed by atoms with Gasteiger partial charge in [0.25, 0.3) is 5.91 Å². The highest BCUT2D eigenvalue weighted by Crippen LogP contribution is 2.33. The van der Waals surface area contributed by atoms with Crippen LogP contribution in [0.1, 0.15) is 26.7 Å². The van der Waals surface area contributed by atoms with Gasteiger partial charge in [-0.2, -0.15) is 0 Å². The summed E-state index contributed by atoms with van der Waals surface area (Å²) in [7, 11) is 0. The molecule has 2 fully saturated rings. The van der Waals surface area contributed by atoms with E-state index in [4.69, 9.17) is 0 Å². The molecule has 4 heteroatoms. The standard InChI is InChI=1S/C9H14N2O2/c1-5-3-4-7(5)11-8(12)6(2)10-9(11)13/h5-7H,3-4H2,1-2H3,(H,10,13). The van der Waals surface area contributed by atoms with Gasteiger partial charge in [-0.1, -0.05) is 6.92 Å². The number of imide groups is 1. The third-order valence-electron chi connectivity index (χ3n) is 3.07. The van der Waals surface area contributed by atoms with Crippen molar-refractivity contribution in [2.24, 2.45) is 5.92 Å². The van der Waals surface area contributed by atoms with E-state index in [1.54, 1.807) is 6.92 Å². The lowest BCUT2D eigenvalue weighted by Gasteiger charge is -2.38. The number of hydrogen-bond acceptors (Lipinski definition) is 2. The average Bonchev–Trinajstić information content (AvgIpc) is 2.30. The van der Waals surface area contributed by atoms with Crippen LogP contribution in [0, 0.1) is 5.92 Å². The van der Waals surface area contributed by atoms with Crippen LogP contribution in [0.25, 0.3) is 0 Å². The Labute approximate surface area is 77.3 Å². The summed E-state index contributed by atoms with van der Waals surface area (Å²) in [6.45, 7) is 3.81. The summed E-state index contributed by atoms with van der Waals surface area (Å²) in [6.07, 6.45) is 2.09. The highest BCUT2D eigenvalue weighted by atomic mass is 16.2. The molecule has 2 aliphatic rings. The molecule has 0 radical (unpaired) electrons. The molecule has 13 heavy (non-hydrogen) atoms. The highest BCUT2D eigenvalue weighted by molar-refractivity contribution is 6.04. The summed E-state index contributed by atoms with van der Waals surface area (Å²) in [5, 5.41) is 2.62. The predicted octanol–water partition coefficient (Wildman–Crippen LogP) is 0.725. The van der Waals surface area contributed by atoms with E-state index in [2.05, 4.69) is 12.2 Å². The fourth-order valence-electron chi connectivity index (χ4n) is 1.97. The Morgan fingerprint density at radius 1 is 1.31 bits per heavy atom. The molecule has 1 heterocycles. The summed E-state index contributed by atoms with van der Waals surface area (Å²) < 4.78 is 0. The molecule has 1 aliphatic heterocycles. The largest absolute Gasteiger partial charge is 0.326 e. The summed E-state index contributed by atoms with van der Waals surface area (Å²) in [5.74, 6) is 0.404. The van der Waals surface area contributed by atoms with Crippen LogP contribution in [-0.4, -0.2) is 28.9 Å². The third kappa shape index (κ3) is 1.12. The molecule has 1 saturated carbocycles. The summed E-state index contributed by atoms with van der Waals surface area (Å²) >= 11 is 0. The number of rotatable bonds is 1. The molecule has 1 saturated heterocycles. The topological polar surface area (TPSA) is 49.4 Å².